The zero-order valence-corrected chi connectivity index (χ0v) is 14.9. The van der Waals surface area contributed by atoms with Gasteiger partial charge in [-0.05, 0) is 18.2 Å². The second-order valence-electron chi connectivity index (χ2n) is 4.90. The molecule has 3 heterocycles. The van der Waals surface area contributed by atoms with Gasteiger partial charge in [0.25, 0.3) is 0 Å². The summed E-state index contributed by atoms with van der Waals surface area (Å²) in [6, 6.07) is 5.39. The summed E-state index contributed by atoms with van der Waals surface area (Å²) in [5, 5.41) is 6.61. The summed E-state index contributed by atoms with van der Waals surface area (Å²) in [7, 11) is 0. The third-order valence-corrected chi connectivity index (χ3v) is 3.68. The Hall–Kier alpha value is -2.89. The van der Waals surface area contributed by atoms with Crippen LogP contribution < -0.4 is 16.4 Å². The van der Waals surface area contributed by atoms with Crippen molar-refractivity contribution in [2.45, 2.75) is 0 Å². The summed E-state index contributed by atoms with van der Waals surface area (Å²) in [4.78, 5) is 39.5. The Morgan fingerprint density at radius 1 is 1.16 bits per heavy atom. The highest BCUT2D eigenvalue weighted by atomic mass is 127. The highest BCUT2D eigenvalue weighted by Gasteiger charge is 2.15. The summed E-state index contributed by atoms with van der Waals surface area (Å²) in [6.45, 7) is -0.0895. The smallest absolute Gasteiger partial charge is 0.244 e. The molecule has 3 aromatic rings. The van der Waals surface area contributed by atoms with E-state index in [4.69, 9.17) is 5.73 Å². The number of carbonyl (C=O) groups is 2. The third-order valence-electron chi connectivity index (χ3n) is 3.17. The van der Waals surface area contributed by atoms with E-state index in [1.807, 2.05) is 6.07 Å². The van der Waals surface area contributed by atoms with Crippen LogP contribution in [0.3, 0.4) is 0 Å². The number of halogens is 1. The Bertz CT molecular complexity index is 958. The Morgan fingerprint density at radius 2 is 1.96 bits per heavy atom. The number of anilines is 3. The van der Waals surface area contributed by atoms with E-state index in [0.29, 0.717) is 17.2 Å². The largest absolute Gasteiger partial charge is 0.368 e. The summed E-state index contributed by atoms with van der Waals surface area (Å²) >= 11 is 1.64. The Labute approximate surface area is 155 Å². The number of aromatic nitrogens is 4. The molecule has 0 spiro atoms. The number of nitrogens with one attached hydrogen (secondary N) is 2. The van der Waals surface area contributed by atoms with Crippen molar-refractivity contribution in [3.05, 3.63) is 42.5 Å². The average molecular weight is 449 g/mol. The summed E-state index contributed by atoms with van der Waals surface area (Å²) in [6.07, 6.45) is 4.62. The minimum Gasteiger partial charge on any atom is -0.368 e. The Kier molecular flexibility index (Phi) is 4.97. The standard InChI is InChI=1S/C15H12IN7O2/c16-13(25)12-15(23-11(7-21-12)20-6-10(17)24)22-9-3-5-19-14-8(9)2-1-4-18-14/h1-5,7H,6H2,(H2,17,24)(H2,18,19,20,22,23). The maximum Gasteiger partial charge on any atom is 0.244 e. The molecule has 0 unspecified atom stereocenters. The quantitative estimate of drug-likeness (QED) is 0.382. The maximum atomic E-state index is 11.8. The first-order valence-corrected chi connectivity index (χ1v) is 8.18. The number of carbonyl (C=O) groups excluding carboxylic acids is 2. The van der Waals surface area contributed by atoms with Crippen molar-refractivity contribution in [1.29, 1.82) is 0 Å². The fourth-order valence-electron chi connectivity index (χ4n) is 2.10. The Morgan fingerprint density at radius 3 is 2.72 bits per heavy atom. The molecule has 25 heavy (non-hydrogen) atoms. The van der Waals surface area contributed by atoms with Crippen LogP contribution in [0.1, 0.15) is 10.5 Å². The van der Waals surface area contributed by atoms with E-state index in [9.17, 15) is 9.59 Å². The number of pyridine rings is 2. The van der Waals surface area contributed by atoms with Gasteiger partial charge in [0.1, 0.15) is 5.82 Å². The van der Waals surface area contributed by atoms with Crippen LogP contribution in [0, 0.1) is 0 Å². The molecule has 1 amide bonds. The summed E-state index contributed by atoms with van der Waals surface area (Å²) in [5.74, 6) is 0.0426. The molecule has 4 N–H and O–H groups in total. The van der Waals surface area contributed by atoms with Crippen LogP contribution in [0.2, 0.25) is 0 Å². The van der Waals surface area contributed by atoms with Gasteiger partial charge in [0.2, 0.25) is 9.70 Å². The monoisotopic (exact) mass is 449 g/mol. The lowest BCUT2D eigenvalue weighted by Gasteiger charge is -2.12. The molecule has 0 fully saturated rings. The van der Waals surface area contributed by atoms with Gasteiger partial charge in [0.15, 0.2) is 17.2 Å². The van der Waals surface area contributed by atoms with Crippen molar-refractivity contribution < 1.29 is 9.59 Å². The first kappa shape index (κ1) is 17.0. The second kappa shape index (κ2) is 7.34. The van der Waals surface area contributed by atoms with Gasteiger partial charge >= 0.3 is 0 Å². The number of primary amides is 1. The number of rotatable bonds is 6. The van der Waals surface area contributed by atoms with Crippen LogP contribution in [-0.4, -0.2) is 36.2 Å². The minimum atomic E-state index is -0.531. The lowest BCUT2D eigenvalue weighted by molar-refractivity contribution is -0.116. The highest BCUT2D eigenvalue weighted by Crippen LogP contribution is 2.25. The molecule has 0 aliphatic rings. The lowest BCUT2D eigenvalue weighted by atomic mass is 10.2. The van der Waals surface area contributed by atoms with Crippen molar-refractivity contribution in [3.8, 4) is 0 Å². The summed E-state index contributed by atoms with van der Waals surface area (Å²) in [5.41, 5.74) is 6.51. The molecule has 0 aliphatic heterocycles. The fraction of sp³-hybridized carbons (Fsp3) is 0.0667. The summed E-state index contributed by atoms with van der Waals surface area (Å²) < 4.78 is -0.273. The minimum absolute atomic E-state index is 0.0895. The highest BCUT2D eigenvalue weighted by molar-refractivity contribution is 14.1. The van der Waals surface area contributed by atoms with Gasteiger partial charge in [-0.1, -0.05) is 0 Å². The van der Waals surface area contributed by atoms with Crippen LogP contribution in [0.25, 0.3) is 11.0 Å². The molecule has 0 aliphatic carbocycles. The topological polar surface area (TPSA) is 136 Å². The van der Waals surface area contributed by atoms with E-state index in [1.54, 1.807) is 47.1 Å². The van der Waals surface area contributed by atoms with Crippen molar-refractivity contribution in [2.75, 3.05) is 17.2 Å². The molecule has 10 heteroatoms. The lowest BCUT2D eigenvalue weighted by Crippen LogP contribution is -2.22. The van der Waals surface area contributed by atoms with E-state index in [2.05, 4.69) is 30.6 Å². The number of amides is 1. The fourth-order valence-corrected chi connectivity index (χ4v) is 2.50. The number of nitrogens with zero attached hydrogens (tertiary/aromatic N) is 4. The van der Waals surface area contributed by atoms with Crippen molar-refractivity contribution in [2.24, 2.45) is 5.73 Å². The van der Waals surface area contributed by atoms with Gasteiger partial charge in [0.05, 0.1) is 18.4 Å². The zero-order chi connectivity index (χ0) is 17.8. The zero-order valence-electron chi connectivity index (χ0n) is 12.7. The number of hydrogen-bond donors (Lipinski definition) is 3. The molecule has 0 radical (unpaired) electrons. The van der Waals surface area contributed by atoms with Crippen LogP contribution >= 0.6 is 22.6 Å². The molecule has 0 atom stereocenters. The van der Waals surface area contributed by atoms with Gasteiger partial charge in [-0.2, -0.15) is 0 Å². The molecular weight excluding hydrogens is 437 g/mol. The maximum absolute atomic E-state index is 11.8. The molecular formula is C15H12IN7O2. The van der Waals surface area contributed by atoms with Crippen molar-refractivity contribution >= 4 is 60.6 Å². The molecule has 3 rings (SSSR count). The van der Waals surface area contributed by atoms with E-state index in [1.165, 1.54) is 6.20 Å². The third kappa shape index (κ3) is 3.96. The molecule has 0 saturated carbocycles. The van der Waals surface area contributed by atoms with Gasteiger partial charge < -0.3 is 16.4 Å². The predicted molar refractivity (Wildman–Crippen MR) is 101 cm³/mol. The number of hydrogen-bond acceptors (Lipinski definition) is 8. The van der Waals surface area contributed by atoms with Gasteiger partial charge in [-0.3, -0.25) is 9.59 Å². The first-order chi connectivity index (χ1) is 12.0. The molecule has 0 aromatic carbocycles. The molecule has 0 saturated heterocycles. The molecule has 3 aromatic heterocycles. The number of fused-ring (bicyclic) bond motifs is 1. The van der Waals surface area contributed by atoms with Crippen LogP contribution in [0.5, 0.6) is 0 Å². The molecule has 9 nitrogen and oxygen atoms in total. The van der Waals surface area contributed by atoms with Crippen LogP contribution in [0.4, 0.5) is 17.3 Å². The molecule has 126 valence electrons. The van der Waals surface area contributed by atoms with E-state index in [-0.39, 0.29) is 21.8 Å². The predicted octanol–water partition coefficient (Wildman–Crippen LogP) is 1.64. The van der Waals surface area contributed by atoms with E-state index >= 15 is 0 Å². The van der Waals surface area contributed by atoms with Crippen LogP contribution in [0.15, 0.2) is 36.8 Å². The van der Waals surface area contributed by atoms with Crippen LogP contribution in [-0.2, 0) is 4.79 Å². The SMILES string of the molecule is NC(=O)CNc1cnc(C(=O)I)c(Nc2ccnc3ncccc23)n1. The van der Waals surface area contributed by atoms with E-state index < -0.39 is 5.91 Å². The van der Waals surface area contributed by atoms with Gasteiger partial charge in [-0.15, -0.1) is 0 Å². The van der Waals surface area contributed by atoms with Crippen molar-refractivity contribution in [3.63, 3.8) is 0 Å². The van der Waals surface area contributed by atoms with Gasteiger partial charge in [-0.25, -0.2) is 19.9 Å². The van der Waals surface area contributed by atoms with E-state index in [0.717, 1.165) is 5.39 Å². The normalized spacial score (nSPS) is 10.4. The number of nitrogens with two attached hydrogens (primary N) is 1. The first-order valence-electron chi connectivity index (χ1n) is 7.10. The molecule has 0 bridgehead atoms. The Balaban J connectivity index is 2.00. The van der Waals surface area contributed by atoms with Gasteiger partial charge in [0, 0.05) is 40.4 Å². The van der Waals surface area contributed by atoms with Crippen molar-refractivity contribution in [1.82, 2.24) is 19.9 Å². The second-order valence-corrected chi connectivity index (χ2v) is 5.88. The average Bonchev–Trinajstić information content (AvgIpc) is 2.60.